The van der Waals surface area contributed by atoms with Crippen molar-refractivity contribution in [3.63, 3.8) is 0 Å². The van der Waals surface area contributed by atoms with Gasteiger partial charge in [-0.3, -0.25) is 0 Å². The van der Waals surface area contributed by atoms with Gasteiger partial charge in [0.1, 0.15) is 0 Å². The van der Waals surface area contributed by atoms with Crippen LogP contribution in [0.25, 0.3) is 11.5 Å². The number of nitrogen functional groups attached to an aromatic ring is 1. The molecule has 0 amide bonds. The van der Waals surface area contributed by atoms with E-state index in [4.69, 9.17) is 10.3 Å². The van der Waals surface area contributed by atoms with Gasteiger partial charge in [0.2, 0.25) is 0 Å². The minimum atomic E-state index is 0.431. The van der Waals surface area contributed by atoms with Gasteiger partial charge >= 0.3 is 0 Å². The fraction of sp³-hybridized carbons (Fsp3) is 0.467. The SMILES string of the molecule is CC1CCC(c2noc(-c3ccc(Br)cc3N)n2)CC1. The highest BCUT2D eigenvalue weighted by molar-refractivity contribution is 9.10. The van der Waals surface area contributed by atoms with Gasteiger partial charge in [-0.05, 0) is 37.0 Å². The molecule has 1 aromatic heterocycles. The zero-order chi connectivity index (χ0) is 14.1. The van der Waals surface area contributed by atoms with Crippen molar-refractivity contribution in [3.05, 3.63) is 28.5 Å². The summed E-state index contributed by atoms with van der Waals surface area (Å²) >= 11 is 3.40. The van der Waals surface area contributed by atoms with Gasteiger partial charge in [-0.2, -0.15) is 4.98 Å². The Labute approximate surface area is 126 Å². The summed E-state index contributed by atoms with van der Waals surface area (Å²) in [5.74, 6) is 2.60. The lowest BCUT2D eigenvalue weighted by molar-refractivity contribution is 0.329. The standard InChI is InChI=1S/C15H18BrN3O/c1-9-2-4-10(5-3-9)14-18-15(20-19-14)12-7-6-11(16)8-13(12)17/h6-10H,2-5,17H2,1H3. The number of hydrogen-bond acceptors (Lipinski definition) is 4. The van der Waals surface area contributed by atoms with E-state index in [0.717, 1.165) is 34.6 Å². The second kappa shape index (κ2) is 5.56. The molecule has 0 bridgehead atoms. The Morgan fingerprint density at radius 2 is 2.00 bits per heavy atom. The summed E-state index contributed by atoms with van der Waals surface area (Å²) in [5, 5.41) is 4.15. The van der Waals surface area contributed by atoms with Gasteiger partial charge in [0.15, 0.2) is 5.82 Å². The van der Waals surface area contributed by atoms with Crippen LogP contribution in [-0.4, -0.2) is 10.1 Å². The largest absolute Gasteiger partial charge is 0.398 e. The highest BCUT2D eigenvalue weighted by Gasteiger charge is 2.24. The predicted molar refractivity (Wildman–Crippen MR) is 82.2 cm³/mol. The molecule has 2 aromatic rings. The topological polar surface area (TPSA) is 64.9 Å². The van der Waals surface area contributed by atoms with E-state index in [9.17, 15) is 0 Å². The average molecular weight is 336 g/mol. The highest BCUT2D eigenvalue weighted by Crippen LogP contribution is 2.35. The van der Waals surface area contributed by atoms with Gasteiger partial charge in [-0.25, -0.2) is 0 Å². The molecule has 106 valence electrons. The zero-order valence-electron chi connectivity index (χ0n) is 11.5. The summed E-state index contributed by atoms with van der Waals surface area (Å²) in [7, 11) is 0. The van der Waals surface area contributed by atoms with Crippen molar-refractivity contribution in [2.75, 3.05) is 5.73 Å². The Hall–Kier alpha value is -1.36. The number of benzene rings is 1. The smallest absolute Gasteiger partial charge is 0.260 e. The number of nitrogens with zero attached hydrogens (tertiary/aromatic N) is 2. The molecular weight excluding hydrogens is 318 g/mol. The summed E-state index contributed by atoms with van der Waals surface area (Å²) in [6.45, 7) is 2.31. The molecule has 1 saturated carbocycles. The van der Waals surface area contributed by atoms with Crippen molar-refractivity contribution in [3.8, 4) is 11.5 Å². The quantitative estimate of drug-likeness (QED) is 0.827. The van der Waals surface area contributed by atoms with Gasteiger partial charge < -0.3 is 10.3 Å². The molecule has 0 saturated heterocycles. The molecule has 1 heterocycles. The van der Waals surface area contributed by atoms with Crippen LogP contribution in [-0.2, 0) is 0 Å². The molecule has 5 heteroatoms. The number of nitrogens with two attached hydrogens (primary N) is 1. The van der Waals surface area contributed by atoms with Crippen molar-refractivity contribution in [2.45, 2.75) is 38.5 Å². The second-order valence-corrected chi connectivity index (χ2v) is 6.56. The summed E-state index contributed by atoms with van der Waals surface area (Å²) in [6, 6.07) is 5.68. The van der Waals surface area contributed by atoms with Crippen molar-refractivity contribution < 1.29 is 4.52 Å². The Balaban J connectivity index is 1.83. The number of anilines is 1. The third-order valence-electron chi connectivity index (χ3n) is 4.07. The van der Waals surface area contributed by atoms with Crippen molar-refractivity contribution in [1.82, 2.24) is 10.1 Å². The van der Waals surface area contributed by atoms with Gasteiger partial charge in [-0.15, -0.1) is 0 Å². The molecule has 0 unspecified atom stereocenters. The molecule has 3 rings (SSSR count). The van der Waals surface area contributed by atoms with E-state index >= 15 is 0 Å². The lowest BCUT2D eigenvalue weighted by atomic mass is 9.83. The van der Waals surface area contributed by atoms with Crippen LogP contribution in [0.2, 0.25) is 0 Å². The van der Waals surface area contributed by atoms with Crippen molar-refractivity contribution in [2.24, 2.45) is 5.92 Å². The minimum Gasteiger partial charge on any atom is -0.398 e. The lowest BCUT2D eigenvalue weighted by Crippen LogP contribution is -2.11. The predicted octanol–water partition coefficient (Wildman–Crippen LogP) is 4.38. The van der Waals surface area contributed by atoms with E-state index in [1.165, 1.54) is 12.8 Å². The summed E-state index contributed by atoms with van der Waals surface area (Å²) in [5.41, 5.74) is 7.45. The van der Waals surface area contributed by atoms with Gasteiger partial charge in [0, 0.05) is 16.1 Å². The van der Waals surface area contributed by atoms with Crippen LogP contribution in [0.4, 0.5) is 5.69 Å². The van der Waals surface area contributed by atoms with Crippen molar-refractivity contribution in [1.29, 1.82) is 0 Å². The molecule has 0 aliphatic heterocycles. The van der Waals surface area contributed by atoms with Crippen LogP contribution in [0.1, 0.15) is 44.3 Å². The van der Waals surface area contributed by atoms with Crippen LogP contribution >= 0.6 is 15.9 Å². The number of aromatic nitrogens is 2. The van der Waals surface area contributed by atoms with Gasteiger partial charge in [0.25, 0.3) is 5.89 Å². The second-order valence-electron chi connectivity index (χ2n) is 5.65. The fourth-order valence-corrected chi connectivity index (χ4v) is 3.14. The zero-order valence-corrected chi connectivity index (χ0v) is 13.1. The van der Waals surface area contributed by atoms with E-state index in [1.807, 2.05) is 18.2 Å². The molecule has 1 aliphatic rings. The first-order chi connectivity index (χ1) is 9.63. The van der Waals surface area contributed by atoms with Crippen LogP contribution in [0.5, 0.6) is 0 Å². The maximum absolute atomic E-state index is 6.00. The third-order valence-corrected chi connectivity index (χ3v) is 4.56. The van der Waals surface area contributed by atoms with Crippen LogP contribution in [0, 0.1) is 5.92 Å². The average Bonchev–Trinajstić information content (AvgIpc) is 2.89. The molecule has 1 aliphatic carbocycles. The molecule has 4 nitrogen and oxygen atoms in total. The highest BCUT2D eigenvalue weighted by atomic mass is 79.9. The lowest BCUT2D eigenvalue weighted by Gasteiger charge is -2.23. The van der Waals surface area contributed by atoms with Crippen LogP contribution in [0.15, 0.2) is 27.2 Å². The van der Waals surface area contributed by atoms with E-state index in [2.05, 4.69) is 33.0 Å². The van der Waals surface area contributed by atoms with Crippen LogP contribution < -0.4 is 5.73 Å². The Morgan fingerprint density at radius 3 is 2.70 bits per heavy atom. The fourth-order valence-electron chi connectivity index (χ4n) is 2.76. The van der Waals surface area contributed by atoms with Crippen LogP contribution in [0.3, 0.4) is 0 Å². The maximum Gasteiger partial charge on any atom is 0.260 e. The Bertz CT molecular complexity index is 603. The first-order valence-electron chi connectivity index (χ1n) is 7.02. The molecule has 0 atom stereocenters. The maximum atomic E-state index is 6.00. The van der Waals surface area contributed by atoms with Gasteiger partial charge in [0.05, 0.1) is 5.56 Å². The summed E-state index contributed by atoms with van der Waals surface area (Å²) < 4.78 is 6.34. The normalized spacial score (nSPS) is 22.9. The van der Waals surface area contributed by atoms with Gasteiger partial charge in [-0.1, -0.05) is 40.9 Å². The molecule has 0 spiro atoms. The Kier molecular flexibility index (Phi) is 3.78. The first-order valence-corrected chi connectivity index (χ1v) is 7.82. The molecule has 20 heavy (non-hydrogen) atoms. The number of hydrogen-bond donors (Lipinski definition) is 1. The summed E-state index contributed by atoms with van der Waals surface area (Å²) in [4.78, 5) is 4.55. The molecule has 0 radical (unpaired) electrons. The number of rotatable bonds is 2. The molecule has 1 aromatic carbocycles. The van der Waals surface area contributed by atoms with Crippen molar-refractivity contribution >= 4 is 21.6 Å². The van der Waals surface area contributed by atoms with E-state index < -0.39 is 0 Å². The number of halogens is 1. The molecule has 1 fully saturated rings. The van der Waals surface area contributed by atoms with E-state index in [1.54, 1.807) is 0 Å². The molecular formula is C15H18BrN3O. The first kappa shape index (κ1) is 13.6. The van der Waals surface area contributed by atoms with E-state index in [0.29, 0.717) is 17.5 Å². The Morgan fingerprint density at radius 1 is 1.25 bits per heavy atom. The monoisotopic (exact) mass is 335 g/mol. The molecule has 2 N–H and O–H groups in total. The minimum absolute atomic E-state index is 0.431. The summed E-state index contributed by atoms with van der Waals surface area (Å²) in [6.07, 6.45) is 4.79. The third kappa shape index (κ3) is 2.73. The van der Waals surface area contributed by atoms with E-state index in [-0.39, 0.29) is 0 Å².